The maximum Gasteiger partial charge on any atom is 0.418 e. The van der Waals surface area contributed by atoms with Gasteiger partial charge in [-0.15, -0.1) is 0 Å². The van der Waals surface area contributed by atoms with Gasteiger partial charge in [-0.1, -0.05) is 12.8 Å². The number of nitrogens with two attached hydrogens (primary N) is 1. The van der Waals surface area contributed by atoms with Gasteiger partial charge in [-0.3, -0.25) is 0 Å². The molecule has 0 aromatic heterocycles. The van der Waals surface area contributed by atoms with Crippen LogP contribution in [0.2, 0.25) is 0 Å². The Hall–Kier alpha value is -1.39. The number of alkyl halides is 3. The summed E-state index contributed by atoms with van der Waals surface area (Å²) in [6, 6.07) is 4.21. The topological polar surface area (TPSA) is 29.3 Å². The average molecular weight is 258 g/mol. The van der Waals surface area contributed by atoms with E-state index in [0.717, 1.165) is 31.7 Å². The van der Waals surface area contributed by atoms with Crippen molar-refractivity contribution in [2.75, 3.05) is 17.7 Å². The highest BCUT2D eigenvalue weighted by Crippen LogP contribution is 2.39. The highest BCUT2D eigenvalue weighted by molar-refractivity contribution is 5.61. The summed E-state index contributed by atoms with van der Waals surface area (Å²) in [7, 11) is 1.73. The molecule has 0 amide bonds. The van der Waals surface area contributed by atoms with Crippen molar-refractivity contribution in [1.82, 2.24) is 0 Å². The summed E-state index contributed by atoms with van der Waals surface area (Å²) in [6.45, 7) is 0. The summed E-state index contributed by atoms with van der Waals surface area (Å²) in [4.78, 5) is 1.75. The van der Waals surface area contributed by atoms with Gasteiger partial charge in [0.1, 0.15) is 0 Å². The minimum atomic E-state index is -4.36. The first-order chi connectivity index (χ1) is 8.39. The first-order valence-electron chi connectivity index (χ1n) is 6.09. The van der Waals surface area contributed by atoms with Gasteiger partial charge in [0.15, 0.2) is 0 Å². The maximum atomic E-state index is 13.0. The standard InChI is InChI=1S/C13H17F3N2/c1-18(10-4-2-3-5-10)12-7-6-9(17)8-11(12)13(14,15)16/h6-8,10H,2-5,17H2,1H3. The molecule has 2 rings (SSSR count). The van der Waals surface area contributed by atoms with Crippen LogP contribution in [0.5, 0.6) is 0 Å². The molecule has 1 saturated carbocycles. The number of hydrogen-bond acceptors (Lipinski definition) is 2. The van der Waals surface area contributed by atoms with Crippen molar-refractivity contribution in [3.05, 3.63) is 23.8 Å². The van der Waals surface area contributed by atoms with Crippen molar-refractivity contribution >= 4 is 11.4 Å². The highest BCUT2D eigenvalue weighted by atomic mass is 19.4. The van der Waals surface area contributed by atoms with Crippen LogP contribution < -0.4 is 10.6 Å². The summed E-state index contributed by atoms with van der Waals surface area (Å²) in [6.07, 6.45) is -0.273. The Morgan fingerprint density at radius 3 is 2.39 bits per heavy atom. The largest absolute Gasteiger partial charge is 0.418 e. The zero-order valence-corrected chi connectivity index (χ0v) is 10.3. The molecule has 0 aliphatic heterocycles. The SMILES string of the molecule is CN(c1ccc(N)cc1C(F)(F)F)C1CCCC1. The fraction of sp³-hybridized carbons (Fsp3) is 0.538. The lowest BCUT2D eigenvalue weighted by Gasteiger charge is -2.29. The van der Waals surface area contributed by atoms with Gasteiger partial charge in [0.05, 0.1) is 5.56 Å². The van der Waals surface area contributed by atoms with Gasteiger partial charge in [-0.25, -0.2) is 0 Å². The second kappa shape index (κ2) is 4.71. The molecule has 1 aromatic carbocycles. The van der Waals surface area contributed by atoms with Gasteiger partial charge in [-0.2, -0.15) is 13.2 Å². The molecule has 1 aliphatic rings. The van der Waals surface area contributed by atoms with Gasteiger partial charge in [0, 0.05) is 24.5 Å². The van der Waals surface area contributed by atoms with E-state index in [9.17, 15) is 13.2 Å². The van der Waals surface area contributed by atoms with Crippen molar-refractivity contribution in [2.24, 2.45) is 0 Å². The third kappa shape index (κ3) is 2.54. The maximum absolute atomic E-state index is 13.0. The van der Waals surface area contributed by atoms with Gasteiger partial charge < -0.3 is 10.6 Å². The van der Waals surface area contributed by atoms with Gasteiger partial charge >= 0.3 is 6.18 Å². The number of hydrogen-bond donors (Lipinski definition) is 1. The predicted octanol–water partition coefficient (Wildman–Crippen LogP) is 3.67. The molecular weight excluding hydrogens is 241 g/mol. The van der Waals surface area contributed by atoms with Crippen LogP contribution in [0.15, 0.2) is 18.2 Å². The molecule has 0 heterocycles. The second-order valence-electron chi connectivity index (χ2n) is 4.82. The van der Waals surface area contributed by atoms with E-state index in [2.05, 4.69) is 0 Å². The molecule has 0 spiro atoms. The number of nitrogens with zero attached hydrogens (tertiary/aromatic N) is 1. The monoisotopic (exact) mass is 258 g/mol. The van der Waals surface area contributed by atoms with Crippen molar-refractivity contribution in [3.8, 4) is 0 Å². The normalized spacial score (nSPS) is 17.1. The van der Waals surface area contributed by atoms with Crippen molar-refractivity contribution < 1.29 is 13.2 Å². The van der Waals surface area contributed by atoms with Crippen molar-refractivity contribution in [2.45, 2.75) is 37.9 Å². The Morgan fingerprint density at radius 2 is 1.83 bits per heavy atom. The Morgan fingerprint density at radius 1 is 1.22 bits per heavy atom. The molecule has 5 heteroatoms. The van der Waals surface area contributed by atoms with Gasteiger partial charge in [0.25, 0.3) is 0 Å². The van der Waals surface area contributed by atoms with E-state index in [-0.39, 0.29) is 17.4 Å². The highest BCUT2D eigenvalue weighted by Gasteiger charge is 2.35. The number of nitrogen functional groups attached to an aromatic ring is 1. The molecule has 0 radical (unpaired) electrons. The van der Waals surface area contributed by atoms with Crippen LogP contribution in [0.1, 0.15) is 31.2 Å². The van der Waals surface area contributed by atoms with Gasteiger partial charge in [-0.05, 0) is 31.0 Å². The molecule has 2 nitrogen and oxygen atoms in total. The van der Waals surface area contributed by atoms with E-state index < -0.39 is 11.7 Å². The zero-order valence-electron chi connectivity index (χ0n) is 10.3. The lowest BCUT2D eigenvalue weighted by atomic mass is 10.1. The van der Waals surface area contributed by atoms with Crippen molar-refractivity contribution in [1.29, 1.82) is 0 Å². The molecule has 1 fully saturated rings. The summed E-state index contributed by atoms with van der Waals surface area (Å²) in [5.74, 6) is 0. The summed E-state index contributed by atoms with van der Waals surface area (Å²) in [5.41, 5.74) is 5.19. The van der Waals surface area contributed by atoms with Crippen LogP contribution in [0.4, 0.5) is 24.5 Å². The molecule has 0 bridgehead atoms. The average Bonchev–Trinajstić information content (AvgIpc) is 2.80. The Kier molecular flexibility index (Phi) is 3.41. The number of anilines is 2. The van der Waals surface area contributed by atoms with E-state index in [1.807, 2.05) is 0 Å². The Labute approximate surface area is 105 Å². The molecule has 18 heavy (non-hydrogen) atoms. The number of benzene rings is 1. The van der Waals surface area contributed by atoms with E-state index in [1.165, 1.54) is 12.1 Å². The summed E-state index contributed by atoms with van der Waals surface area (Å²) in [5, 5.41) is 0. The third-order valence-electron chi connectivity index (χ3n) is 3.58. The van der Waals surface area contributed by atoms with Crippen LogP contribution in [0.25, 0.3) is 0 Å². The quantitative estimate of drug-likeness (QED) is 0.820. The van der Waals surface area contributed by atoms with Crippen molar-refractivity contribution in [3.63, 3.8) is 0 Å². The first-order valence-corrected chi connectivity index (χ1v) is 6.09. The minimum Gasteiger partial charge on any atom is -0.399 e. The van der Waals surface area contributed by atoms with Crippen LogP contribution in [-0.2, 0) is 6.18 Å². The lowest BCUT2D eigenvalue weighted by molar-refractivity contribution is -0.137. The molecule has 0 saturated heterocycles. The molecule has 0 unspecified atom stereocenters. The minimum absolute atomic E-state index is 0.144. The fourth-order valence-electron chi connectivity index (χ4n) is 2.58. The number of rotatable bonds is 2. The van der Waals surface area contributed by atoms with E-state index in [1.54, 1.807) is 11.9 Å². The van der Waals surface area contributed by atoms with Gasteiger partial charge in [0.2, 0.25) is 0 Å². The van der Waals surface area contributed by atoms with E-state index in [0.29, 0.717) is 0 Å². The van der Waals surface area contributed by atoms with Crippen LogP contribution in [0, 0.1) is 0 Å². The zero-order chi connectivity index (χ0) is 13.3. The Bertz CT molecular complexity index is 423. The smallest absolute Gasteiger partial charge is 0.399 e. The Balaban J connectivity index is 2.37. The fourth-order valence-corrected chi connectivity index (χ4v) is 2.58. The van der Waals surface area contributed by atoms with Crippen LogP contribution in [0.3, 0.4) is 0 Å². The molecule has 0 atom stereocenters. The first kappa shape index (κ1) is 13.1. The van der Waals surface area contributed by atoms with E-state index in [4.69, 9.17) is 5.73 Å². The van der Waals surface area contributed by atoms with E-state index >= 15 is 0 Å². The third-order valence-corrected chi connectivity index (χ3v) is 3.58. The molecule has 2 N–H and O–H groups in total. The predicted molar refractivity (Wildman–Crippen MR) is 66.5 cm³/mol. The molecule has 100 valence electrons. The number of halogens is 3. The molecular formula is C13H17F3N2. The summed E-state index contributed by atoms with van der Waals surface area (Å²) >= 11 is 0. The van der Waals surface area contributed by atoms with Crippen LogP contribution in [-0.4, -0.2) is 13.1 Å². The second-order valence-corrected chi connectivity index (χ2v) is 4.82. The molecule has 1 aliphatic carbocycles. The molecule has 1 aromatic rings. The lowest BCUT2D eigenvalue weighted by Crippen LogP contribution is -2.30. The van der Waals surface area contributed by atoms with Crippen LogP contribution >= 0.6 is 0 Å². The summed E-state index contributed by atoms with van der Waals surface area (Å²) < 4.78 is 39.0.